The maximum absolute atomic E-state index is 11.6. The van der Waals surface area contributed by atoms with Crippen LogP contribution >= 0.6 is 0 Å². The molecule has 126 valence electrons. The fourth-order valence-corrected chi connectivity index (χ4v) is 5.28. The molecule has 3 unspecified atom stereocenters. The van der Waals surface area contributed by atoms with E-state index in [1.165, 1.54) is 0 Å². The van der Waals surface area contributed by atoms with Gasteiger partial charge in [-0.15, -0.1) is 0 Å². The minimum absolute atomic E-state index is 0.0489. The molecule has 22 heavy (non-hydrogen) atoms. The number of carbonyl (C=O) groups is 1. The number of rotatable bonds is 4. The van der Waals surface area contributed by atoms with Crippen molar-refractivity contribution >= 4 is 5.78 Å². The molecule has 3 rings (SSSR count). The van der Waals surface area contributed by atoms with Gasteiger partial charge in [0.2, 0.25) is 0 Å². The van der Waals surface area contributed by atoms with E-state index in [1.807, 2.05) is 7.11 Å². The molecule has 1 aliphatic heterocycles. The summed E-state index contributed by atoms with van der Waals surface area (Å²) in [6.45, 7) is 11.0. The molecule has 4 heteroatoms. The molecule has 0 N–H and O–H groups in total. The first-order valence-corrected chi connectivity index (χ1v) is 8.50. The van der Waals surface area contributed by atoms with Gasteiger partial charge in [-0.25, -0.2) is 9.78 Å². The highest BCUT2D eigenvalue weighted by Gasteiger charge is 2.71. The first-order chi connectivity index (χ1) is 10.1. The largest absolute Gasteiger partial charge is 0.381 e. The van der Waals surface area contributed by atoms with E-state index in [2.05, 4.69) is 27.7 Å². The van der Waals surface area contributed by atoms with E-state index in [-0.39, 0.29) is 34.2 Å². The lowest BCUT2D eigenvalue weighted by atomic mass is 9.54. The molecular weight excluding hydrogens is 280 g/mol. The lowest BCUT2D eigenvalue weighted by Gasteiger charge is -2.54. The Balaban J connectivity index is 1.73. The number of hydrogen-bond donors (Lipinski definition) is 0. The molecule has 0 bridgehead atoms. The van der Waals surface area contributed by atoms with Gasteiger partial charge in [0.15, 0.2) is 0 Å². The molecule has 3 atom stereocenters. The van der Waals surface area contributed by atoms with Gasteiger partial charge in [-0.2, -0.15) is 0 Å². The van der Waals surface area contributed by atoms with E-state index in [0.29, 0.717) is 12.0 Å². The Bertz CT molecular complexity index is 452. The molecule has 4 nitrogen and oxygen atoms in total. The van der Waals surface area contributed by atoms with Crippen molar-refractivity contribution in [1.82, 2.24) is 0 Å². The van der Waals surface area contributed by atoms with Crippen molar-refractivity contribution in [3.63, 3.8) is 0 Å². The van der Waals surface area contributed by atoms with Crippen LogP contribution in [0.1, 0.15) is 60.3 Å². The molecule has 0 aromatic rings. The van der Waals surface area contributed by atoms with Crippen LogP contribution in [0.2, 0.25) is 0 Å². The second-order valence-electron chi connectivity index (χ2n) is 9.02. The third kappa shape index (κ3) is 2.44. The summed E-state index contributed by atoms with van der Waals surface area (Å²) in [6, 6.07) is 0. The van der Waals surface area contributed by atoms with Gasteiger partial charge in [0.05, 0.1) is 12.0 Å². The highest BCUT2D eigenvalue weighted by molar-refractivity contribution is 5.83. The standard InChI is InChI=1S/C18H30O4/c1-11(19)13-10-18(13)15(21-22-18)7-14-16(2,3)8-12(20-6)9-17(14,4)5/h12-15H,7-10H2,1-6H3. The molecule has 3 fully saturated rings. The third-order valence-electron chi connectivity index (χ3n) is 6.49. The fourth-order valence-electron chi connectivity index (χ4n) is 5.28. The average Bonchev–Trinajstić information content (AvgIpc) is 3.12. The van der Waals surface area contributed by atoms with Crippen molar-refractivity contribution in [3.05, 3.63) is 0 Å². The lowest BCUT2D eigenvalue weighted by Crippen LogP contribution is -2.54. The minimum atomic E-state index is -0.296. The van der Waals surface area contributed by atoms with E-state index in [4.69, 9.17) is 14.5 Å². The van der Waals surface area contributed by atoms with Crippen molar-refractivity contribution in [3.8, 4) is 0 Å². The van der Waals surface area contributed by atoms with E-state index >= 15 is 0 Å². The van der Waals surface area contributed by atoms with Gasteiger partial charge in [-0.05, 0) is 49.4 Å². The monoisotopic (exact) mass is 310 g/mol. The molecule has 1 spiro atoms. The van der Waals surface area contributed by atoms with Crippen LogP contribution in [0, 0.1) is 22.7 Å². The van der Waals surface area contributed by atoms with E-state index in [1.54, 1.807) is 6.92 Å². The van der Waals surface area contributed by atoms with Crippen LogP contribution in [0.4, 0.5) is 0 Å². The van der Waals surface area contributed by atoms with Crippen molar-refractivity contribution in [1.29, 1.82) is 0 Å². The van der Waals surface area contributed by atoms with Gasteiger partial charge in [0, 0.05) is 7.11 Å². The summed E-state index contributed by atoms with van der Waals surface area (Å²) < 4.78 is 5.66. The van der Waals surface area contributed by atoms with Crippen molar-refractivity contribution in [2.45, 2.75) is 78.1 Å². The molecule has 0 radical (unpaired) electrons. The van der Waals surface area contributed by atoms with Gasteiger partial charge in [0.1, 0.15) is 17.5 Å². The molecule has 0 aromatic carbocycles. The molecule has 0 amide bonds. The maximum atomic E-state index is 11.6. The summed E-state index contributed by atoms with van der Waals surface area (Å²) in [5.74, 6) is 0.813. The van der Waals surface area contributed by atoms with Gasteiger partial charge in [-0.3, -0.25) is 4.79 Å². The topological polar surface area (TPSA) is 44.8 Å². The molecule has 2 aliphatic carbocycles. The molecular formula is C18H30O4. The normalized spacial score (nSPS) is 45.4. The van der Waals surface area contributed by atoms with Crippen LogP contribution in [-0.4, -0.2) is 30.7 Å². The maximum Gasteiger partial charge on any atom is 0.143 e. The summed E-state index contributed by atoms with van der Waals surface area (Å²) in [4.78, 5) is 22.5. The molecule has 3 aliphatic rings. The smallest absolute Gasteiger partial charge is 0.143 e. The number of hydrogen-bond acceptors (Lipinski definition) is 4. The summed E-state index contributed by atoms with van der Waals surface area (Å²) in [5.41, 5.74) is 0.0997. The van der Waals surface area contributed by atoms with Gasteiger partial charge in [-0.1, -0.05) is 27.7 Å². The number of Topliss-reactive ketones (excluding diaryl/α,β-unsaturated/α-hetero) is 1. The van der Waals surface area contributed by atoms with Gasteiger partial charge in [0.25, 0.3) is 0 Å². The van der Waals surface area contributed by atoms with Gasteiger partial charge < -0.3 is 4.74 Å². The molecule has 0 aromatic heterocycles. The zero-order valence-electron chi connectivity index (χ0n) is 14.8. The Hall–Kier alpha value is -0.450. The summed E-state index contributed by atoms with van der Waals surface area (Å²) >= 11 is 0. The predicted molar refractivity (Wildman–Crippen MR) is 83.2 cm³/mol. The van der Waals surface area contributed by atoms with Crippen LogP contribution in [0.5, 0.6) is 0 Å². The van der Waals surface area contributed by atoms with Crippen LogP contribution in [-0.2, 0) is 19.3 Å². The first-order valence-electron chi connectivity index (χ1n) is 8.50. The first kappa shape index (κ1) is 16.4. The summed E-state index contributed by atoms with van der Waals surface area (Å²) in [7, 11) is 1.82. The Morgan fingerprint density at radius 2 is 1.73 bits per heavy atom. The lowest BCUT2D eigenvalue weighted by molar-refractivity contribution is -0.486. The Labute approximate surface area is 133 Å². The zero-order valence-corrected chi connectivity index (χ0v) is 14.8. The zero-order chi connectivity index (χ0) is 16.3. The number of carbonyl (C=O) groups excluding carboxylic acids is 1. The van der Waals surface area contributed by atoms with Crippen molar-refractivity contribution in [2.75, 3.05) is 7.11 Å². The Morgan fingerprint density at radius 3 is 2.09 bits per heavy atom. The number of ether oxygens (including phenoxy) is 1. The number of ketones is 1. The summed E-state index contributed by atoms with van der Waals surface area (Å²) in [5, 5.41) is 0. The highest BCUT2D eigenvalue weighted by atomic mass is 17.3. The van der Waals surface area contributed by atoms with Crippen molar-refractivity contribution in [2.24, 2.45) is 22.7 Å². The summed E-state index contributed by atoms with van der Waals surface area (Å²) in [6.07, 6.45) is 4.37. The van der Waals surface area contributed by atoms with Crippen molar-refractivity contribution < 1.29 is 19.3 Å². The third-order valence-corrected chi connectivity index (χ3v) is 6.49. The van der Waals surface area contributed by atoms with Crippen LogP contribution in [0.3, 0.4) is 0 Å². The fraction of sp³-hybridized carbons (Fsp3) is 0.944. The second kappa shape index (κ2) is 5.02. The quantitative estimate of drug-likeness (QED) is 0.745. The SMILES string of the molecule is COC1CC(C)(C)C(CC2OOC23CC3C(C)=O)C(C)(C)C1. The molecule has 1 saturated heterocycles. The second-order valence-corrected chi connectivity index (χ2v) is 9.02. The highest BCUT2D eigenvalue weighted by Crippen LogP contribution is 2.61. The van der Waals surface area contributed by atoms with Crippen LogP contribution < -0.4 is 0 Å². The Morgan fingerprint density at radius 1 is 1.14 bits per heavy atom. The van der Waals surface area contributed by atoms with Crippen LogP contribution in [0.25, 0.3) is 0 Å². The van der Waals surface area contributed by atoms with E-state index in [0.717, 1.165) is 25.7 Å². The van der Waals surface area contributed by atoms with E-state index in [9.17, 15) is 4.79 Å². The minimum Gasteiger partial charge on any atom is -0.381 e. The van der Waals surface area contributed by atoms with E-state index < -0.39 is 0 Å². The predicted octanol–water partition coefficient (Wildman–Crippen LogP) is 3.53. The Kier molecular flexibility index (Phi) is 3.75. The number of methoxy groups -OCH3 is 1. The molecule has 2 saturated carbocycles. The molecule has 1 heterocycles. The van der Waals surface area contributed by atoms with Gasteiger partial charge >= 0.3 is 0 Å². The average molecular weight is 310 g/mol. The van der Waals surface area contributed by atoms with Crippen LogP contribution in [0.15, 0.2) is 0 Å².